The lowest BCUT2D eigenvalue weighted by Gasteiger charge is -2.23. The Labute approximate surface area is 135 Å². The van der Waals surface area contributed by atoms with Crippen molar-refractivity contribution in [2.75, 3.05) is 6.61 Å². The summed E-state index contributed by atoms with van der Waals surface area (Å²) >= 11 is 0. The van der Waals surface area contributed by atoms with Gasteiger partial charge in [-0.05, 0) is 11.8 Å². The first-order valence-electron chi connectivity index (χ1n) is 7.03. The maximum atomic E-state index is 12.2. The van der Waals surface area contributed by atoms with Gasteiger partial charge in [0.15, 0.2) is 0 Å². The summed E-state index contributed by atoms with van der Waals surface area (Å²) in [5, 5.41) is 0. The first kappa shape index (κ1) is 22.5. The first-order chi connectivity index (χ1) is 10.5. The molecule has 0 aromatic heterocycles. The molecule has 0 aliphatic rings. The zero-order valence-electron chi connectivity index (χ0n) is 13.7. The molecule has 0 radical (unpaired) electrons. The van der Waals surface area contributed by atoms with Gasteiger partial charge in [0.2, 0.25) is 0 Å². The smallest absolute Gasteiger partial charge is 0.434 e. The van der Waals surface area contributed by atoms with E-state index < -0.39 is 49.3 Å². The number of rotatable bonds is 6. The zero-order valence-corrected chi connectivity index (χ0v) is 13.7. The van der Waals surface area contributed by atoms with Gasteiger partial charge in [-0.15, -0.1) is 0 Å². The van der Waals surface area contributed by atoms with Gasteiger partial charge < -0.3 is 9.47 Å². The van der Waals surface area contributed by atoms with E-state index in [4.69, 9.17) is 0 Å². The first-order valence-corrected chi connectivity index (χ1v) is 7.03. The van der Waals surface area contributed by atoms with E-state index in [0.29, 0.717) is 6.42 Å². The Balaban J connectivity index is 4.43. The Bertz CT molecular complexity index is 422. The molecule has 0 aliphatic heterocycles. The highest BCUT2D eigenvalue weighted by molar-refractivity contribution is 5.73. The summed E-state index contributed by atoms with van der Waals surface area (Å²) in [5.74, 6) is -2.98. The van der Waals surface area contributed by atoms with E-state index in [2.05, 4.69) is 9.47 Å². The second kappa shape index (κ2) is 8.06. The van der Waals surface area contributed by atoms with Crippen molar-refractivity contribution in [1.82, 2.24) is 0 Å². The summed E-state index contributed by atoms with van der Waals surface area (Å²) in [5.41, 5.74) is -0.177. The van der Waals surface area contributed by atoms with Gasteiger partial charge in [-0.3, -0.25) is 9.59 Å². The van der Waals surface area contributed by atoms with Gasteiger partial charge in [-0.25, -0.2) is 0 Å². The Morgan fingerprint density at radius 2 is 1.42 bits per heavy atom. The van der Waals surface area contributed by atoms with E-state index in [9.17, 15) is 35.9 Å². The predicted octanol–water partition coefficient (Wildman–Crippen LogP) is 4.03. The third kappa shape index (κ3) is 8.97. The van der Waals surface area contributed by atoms with E-state index in [1.807, 2.05) is 20.8 Å². The number of hydrogen-bond acceptors (Lipinski definition) is 4. The Kier molecular flexibility index (Phi) is 7.57. The van der Waals surface area contributed by atoms with Crippen LogP contribution in [0.2, 0.25) is 0 Å². The summed E-state index contributed by atoms with van der Waals surface area (Å²) in [4.78, 5) is 22.7. The van der Waals surface area contributed by atoms with E-state index >= 15 is 0 Å². The molecule has 142 valence electrons. The van der Waals surface area contributed by atoms with Gasteiger partial charge >= 0.3 is 24.3 Å². The molecule has 0 bridgehead atoms. The second-order valence-corrected chi connectivity index (χ2v) is 6.54. The maximum Gasteiger partial charge on any atom is 0.434 e. The minimum absolute atomic E-state index is 0.177. The molecule has 1 unspecified atom stereocenters. The zero-order chi connectivity index (χ0) is 19.3. The molecule has 0 aromatic carbocycles. The number of ether oxygens (including phenoxy) is 2. The lowest BCUT2D eigenvalue weighted by Crippen LogP contribution is -2.45. The average molecular weight is 366 g/mol. The molecule has 10 heteroatoms. The maximum absolute atomic E-state index is 12.2. The van der Waals surface area contributed by atoms with E-state index in [1.54, 1.807) is 6.92 Å². The predicted molar refractivity (Wildman–Crippen MR) is 70.8 cm³/mol. The summed E-state index contributed by atoms with van der Waals surface area (Å²) < 4.78 is 81.3. The normalized spacial score (nSPS) is 14.5. The Morgan fingerprint density at radius 1 is 0.958 bits per heavy atom. The lowest BCUT2D eigenvalue weighted by atomic mass is 9.85. The number of carbonyl (C=O) groups excluding carboxylic acids is 2. The number of halogens is 6. The van der Waals surface area contributed by atoms with Crippen LogP contribution >= 0.6 is 0 Å². The van der Waals surface area contributed by atoms with Gasteiger partial charge in [0.25, 0.3) is 6.10 Å². The summed E-state index contributed by atoms with van der Waals surface area (Å²) in [6.45, 7) is 6.54. The summed E-state index contributed by atoms with van der Waals surface area (Å²) in [6.07, 6.45) is -16.2. The molecule has 0 N–H and O–H groups in total. The number of carbonyl (C=O) groups is 2. The molecule has 0 saturated heterocycles. The minimum Gasteiger partial charge on any atom is -0.465 e. The molecule has 0 amide bonds. The fourth-order valence-corrected chi connectivity index (χ4v) is 1.89. The van der Waals surface area contributed by atoms with Crippen molar-refractivity contribution < 1.29 is 45.4 Å². The minimum atomic E-state index is -5.77. The lowest BCUT2D eigenvalue weighted by molar-refractivity contribution is -0.313. The van der Waals surface area contributed by atoms with E-state index in [0.717, 1.165) is 0 Å². The van der Waals surface area contributed by atoms with Gasteiger partial charge in [0.1, 0.15) is 6.61 Å². The van der Waals surface area contributed by atoms with Crippen LogP contribution in [0.15, 0.2) is 0 Å². The molecule has 0 heterocycles. The van der Waals surface area contributed by atoms with Crippen molar-refractivity contribution >= 4 is 11.9 Å². The van der Waals surface area contributed by atoms with Crippen LogP contribution in [0.5, 0.6) is 0 Å². The quantitative estimate of drug-likeness (QED) is 0.526. The van der Waals surface area contributed by atoms with Crippen LogP contribution in [-0.4, -0.2) is 37.0 Å². The topological polar surface area (TPSA) is 52.6 Å². The van der Waals surface area contributed by atoms with Crippen molar-refractivity contribution in [2.24, 2.45) is 11.3 Å². The molecule has 0 spiro atoms. The number of esters is 2. The van der Waals surface area contributed by atoms with E-state index in [1.165, 1.54) is 0 Å². The number of alkyl halides is 6. The van der Waals surface area contributed by atoms with Crippen LogP contribution in [0, 0.1) is 11.3 Å². The molecule has 24 heavy (non-hydrogen) atoms. The van der Waals surface area contributed by atoms with Crippen molar-refractivity contribution in [2.45, 2.75) is 59.0 Å². The highest BCUT2D eigenvalue weighted by Crippen LogP contribution is 2.35. The highest BCUT2D eigenvalue weighted by atomic mass is 19.4. The summed E-state index contributed by atoms with van der Waals surface area (Å²) in [7, 11) is 0. The van der Waals surface area contributed by atoms with Crippen LogP contribution in [0.25, 0.3) is 0 Å². The highest BCUT2D eigenvalue weighted by Gasteiger charge is 2.59. The van der Waals surface area contributed by atoms with Crippen LogP contribution < -0.4 is 0 Å². The molecule has 0 rings (SSSR count). The molecule has 0 aromatic rings. The van der Waals surface area contributed by atoms with Gasteiger partial charge in [0, 0.05) is 0 Å². The SMILES string of the molecule is CC(CC(C)(C)C)C(=O)OCCC(=O)OC(C(F)(F)F)C(F)(F)F. The number of hydrogen-bond donors (Lipinski definition) is 0. The van der Waals surface area contributed by atoms with Crippen molar-refractivity contribution in [3.05, 3.63) is 0 Å². The third-order valence-electron chi connectivity index (χ3n) is 2.72. The fraction of sp³-hybridized carbons (Fsp3) is 0.857. The standard InChI is InChI=1S/C14H20F6O4/c1-8(7-12(2,3)4)10(22)23-6-5-9(21)24-11(13(15,16)17)14(18,19)20/h8,11H,5-7H2,1-4H3. The molecule has 0 aliphatic carbocycles. The fourth-order valence-electron chi connectivity index (χ4n) is 1.89. The Hall–Kier alpha value is -1.48. The van der Waals surface area contributed by atoms with Crippen LogP contribution in [0.4, 0.5) is 26.3 Å². The van der Waals surface area contributed by atoms with E-state index in [-0.39, 0.29) is 5.41 Å². The van der Waals surface area contributed by atoms with Crippen LogP contribution in [0.3, 0.4) is 0 Å². The van der Waals surface area contributed by atoms with Crippen molar-refractivity contribution in [3.63, 3.8) is 0 Å². The third-order valence-corrected chi connectivity index (χ3v) is 2.72. The molecule has 0 saturated carbocycles. The monoisotopic (exact) mass is 366 g/mol. The molecular weight excluding hydrogens is 346 g/mol. The van der Waals surface area contributed by atoms with Gasteiger partial charge in [0.05, 0.1) is 12.3 Å². The largest absolute Gasteiger partial charge is 0.465 e. The van der Waals surface area contributed by atoms with Crippen LogP contribution in [-0.2, 0) is 19.1 Å². The second-order valence-electron chi connectivity index (χ2n) is 6.54. The van der Waals surface area contributed by atoms with Crippen molar-refractivity contribution in [1.29, 1.82) is 0 Å². The van der Waals surface area contributed by atoms with Crippen molar-refractivity contribution in [3.8, 4) is 0 Å². The van der Waals surface area contributed by atoms with Gasteiger partial charge in [-0.2, -0.15) is 26.3 Å². The molecule has 0 fully saturated rings. The molecule has 4 nitrogen and oxygen atoms in total. The van der Waals surface area contributed by atoms with Gasteiger partial charge in [-0.1, -0.05) is 27.7 Å². The summed E-state index contributed by atoms with van der Waals surface area (Å²) in [6, 6.07) is 0. The molecule has 1 atom stereocenters. The average Bonchev–Trinajstić information content (AvgIpc) is 2.30. The Morgan fingerprint density at radius 3 is 1.79 bits per heavy atom. The van der Waals surface area contributed by atoms with Crippen LogP contribution in [0.1, 0.15) is 40.5 Å². The molecular formula is C14H20F6O4.